The molecule has 0 radical (unpaired) electrons. The van der Waals surface area contributed by atoms with Crippen molar-refractivity contribution in [1.82, 2.24) is 0 Å². The lowest BCUT2D eigenvalue weighted by Gasteiger charge is -2.38. The molecule has 0 aromatic rings. The molecule has 12 heavy (non-hydrogen) atoms. The molecule has 5 atom stereocenters. The van der Waals surface area contributed by atoms with Crippen molar-refractivity contribution in [3.05, 3.63) is 0 Å². The van der Waals surface area contributed by atoms with E-state index in [9.17, 15) is 15.3 Å². The summed E-state index contributed by atoms with van der Waals surface area (Å²) in [6.45, 7) is -0.224. The number of aliphatic hydroxyl groups is 4. The number of hydrogen-bond donors (Lipinski definition) is 5. The molecule has 0 heterocycles. The Morgan fingerprint density at radius 2 is 1.67 bits per heavy atom. The molecule has 5 heteroatoms. The highest BCUT2D eigenvalue weighted by Crippen LogP contribution is 2.24. The molecule has 0 aliphatic heterocycles. The summed E-state index contributed by atoms with van der Waals surface area (Å²) in [5.74, 6) is -0.432. The van der Waals surface area contributed by atoms with Gasteiger partial charge in [0.15, 0.2) is 0 Å². The summed E-state index contributed by atoms with van der Waals surface area (Å²) in [6.07, 6.45) is -3.09. The first-order chi connectivity index (χ1) is 5.57. The summed E-state index contributed by atoms with van der Waals surface area (Å²) in [7, 11) is 0. The number of rotatable bonds is 1. The van der Waals surface area contributed by atoms with Crippen LogP contribution in [0, 0.1) is 5.92 Å². The van der Waals surface area contributed by atoms with Crippen LogP contribution in [-0.2, 0) is 0 Å². The fraction of sp³-hybridized carbons (Fsp3) is 1.00. The highest BCUT2D eigenvalue weighted by molar-refractivity contribution is 4.94. The molecule has 1 aliphatic carbocycles. The Hall–Kier alpha value is -0.200. The molecule has 0 aromatic heterocycles. The van der Waals surface area contributed by atoms with Crippen LogP contribution in [0.5, 0.6) is 0 Å². The van der Waals surface area contributed by atoms with E-state index in [4.69, 9.17) is 10.8 Å². The van der Waals surface area contributed by atoms with E-state index in [1.807, 2.05) is 0 Å². The number of aliphatic hydroxyl groups excluding tert-OH is 4. The van der Waals surface area contributed by atoms with Crippen molar-refractivity contribution >= 4 is 0 Å². The SMILES string of the molecule is N[C@@H]1C[C@@H](CO)[C@H](O)[C@H](O)[C@H]1O. The quantitative estimate of drug-likeness (QED) is 0.302. The maximum Gasteiger partial charge on any atom is 0.108 e. The first kappa shape index (κ1) is 9.88. The maximum atomic E-state index is 9.30. The van der Waals surface area contributed by atoms with Gasteiger partial charge < -0.3 is 26.2 Å². The summed E-state index contributed by atoms with van der Waals surface area (Å²) < 4.78 is 0. The Morgan fingerprint density at radius 3 is 2.17 bits per heavy atom. The van der Waals surface area contributed by atoms with E-state index in [2.05, 4.69) is 0 Å². The smallest absolute Gasteiger partial charge is 0.108 e. The van der Waals surface area contributed by atoms with Gasteiger partial charge in [-0.2, -0.15) is 0 Å². The van der Waals surface area contributed by atoms with Gasteiger partial charge in [-0.05, 0) is 6.42 Å². The Labute approximate surface area is 70.4 Å². The molecule has 1 aliphatic rings. The lowest BCUT2D eigenvalue weighted by Crippen LogP contribution is -2.57. The lowest BCUT2D eigenvalue weighted by molar-refractivity contribution is -0.125. The highest BCUT2D eigenvalue weighted by atomic mass is 16.4. The van der Waals surface area contributed by atoms with Crippen molar-refractivity contribution in [3.63, 3.8) is 0 Å². The van der Waals surface area contributed by atoms with Crippen LogP contribution in [0.15, 0.2) is 0 Å². The standard InChI is InChI=1S/C7H15NO4/c8-4-1-3(2-9)5(10)7(12)6(4)11/h3-7,9-12H,1-2,8H2/t3-,4+,5-,6-,7-/m0/s1. The summed E-state index contributed by atoms with van der Waals surface area (Å²) in [6, 6.07) is -0.569. The van der Waals surface area contributed by atoms with Crippen LogP contribution >= 0.6 is 0 Å². The molecule has 5 nitrogen and oxygen atoms in total. The molecule has 0 unspecified atom stereocenters. The number of nitrogens with two attached hydrogens (primary N) is 1. The largest absolute Gasteiger partial charge is 0.396 e. The second-order valence-corrected chi connectivity index (χ2v) is 3.31. The van der Waals surface area contributed by atoms with Crippen LogP contribution < -0.4 is 5.73 Å². The molecule has 0 amide bonds. The van der Waals surface area contributed by atoms with Gasteiger partial charge in [0.25, 0.3) is 0 Å². The van der Waals surface area contributed by atoms with Gasteiger partial charge in [0.05, 0.1) is 12.2 Å². The molecular formula is C7H15NO4. The fourth-order valence-corrected chi connectivity index (χ4v) is 1.55. The number of hydrogen-bond acceptors (Lipinski definition) is 5. The summed E-state index contributed by atoms with van der Waals surface area (Å²) in [5, 5.41) is 36.5. The normalized spacial score (nSPS) is 49.2. The van der Waals surface area contributed by atoms with E-state index in [0.717, 1.165) is 0 Å². The van der Waals surface area contributed by atoms with Crippen molar-refractivity contribution in [3.8, 4) is 0 Å². The zero-order valence-electron chi connectivity index (χ0n) is 6.67. The zero-order valence-corrected chi connectivity index (χ0v) is 6.67. The van der Waals surface area contributed by atoms with Gasteiger partial charge in [-0.25, -0.2) is 0 Å². The van der Waals surface area contributed by atoms with Gasteiger partial charge >= 0.3 is 0 Å². The monoisotopic (exact) mass is 177 g/mol. The third-order valence-corrected chi connectivity index (χ3v) is 2.43. The second kappa shape index (κ2) is 3.68. The molecule has 0 aromatic carbocycles. The summed E-state index contributed by atoms with van der Waals surface area (Å²) in [4.78, 5) is 0. The van der Waals surface area contributed by atoms with Crippen molar-refractivity contribution in [2.75, 3.05) is 6.61 Å². The van der Waals surface area contributed by atoms with E-state index in [1.165, 1.54) is 0 Å². The molecule has 6 N–H and O–H groups in total. The average Bonchev–Trinajstić information content (AvgIpc) is 2.08. The third-order valence-electron chi connectivity index (χ3n) is 2.43. The van der Waals surface area contributed by atoms with E-state index < -0.39 is 30.3 Å². The van der Waals surface area contributed by atoms with Gasteiger partial charge in [-0.15, -0.1) is 0 Å². The minimum atomic E-state index is -1.24. The van der Waals surface area contributed by atoms with Crippen LogP contribution in [0.4, 0.5) is 0 Å². The Balaban J connectivity index is 2.63. The molecule has 1 saturated carbocycles. The minimum absolute atomic E-state index is 0.224. The van der Waals surface area contributed by atoms with Crippen molar-refractivity contribution in [2.24, 2.45) is 11.7 Å². The van der Waals surface area contributed by atoms with Gasteiger partial charge in [0.2, 0.25) is 0 Å². The molecule has 0 bridgehead atoms. The average molecular weight is 177 g/mol. The predicted molar refractivity (Wildman–Crippen MR) is 41.2 cm³/mol. The summed E-state index contributed by atoms with van der Waals surface area (Å²) in [5.41, 5.74) is 5.46. The van der Waals surface area contributed by atoms with E-state index in [1.54, 1.807) is 0 Å². The van der Waals surface area contributed by atoms with Crippen LogP contribution in [0.2, 0.25) is 0 Å². The van der Waals surface area contributed by atoms with Crippen molar-refractivity contribution in [2.45, 2.75) is 30.8 Å². The maximum absolute atomic E-state index is 9.30. The Bertz CT molecular complexity index is 150. The molecule has 0 spiro atoms. The van der Waals surface area contributed by atoms with E-state index >= 15 is 0 Å². The van der Waals surface area contributed by atoms with Crippen molar-refractivity contribution < 1.29 is 20.4 Å². The van der Waals surface area contributed by atoms with E-state index in [0.29, 0.717) is 6.42 Å². The van der Waals surface area contributed by atoms with Crippen LogP contribution in [0.25, 0.3) is 0 Å². The molecule has 0 saturated heterocycles. The van der Waals surface area contributed by atoms with Gasteiger partial charge in [0, 0.05) is 18.6 Å². The Kier molecular flexibility index (Phi) is 3.03. The minimum Gasteiger partial charge on any atom is -0.396 e. The Morgan fingerprint density at radius 1 is 1.08 bits per heavy atom. The van der Waals surface area contributed by atoms with Crippen LogP contribution in [0.3, 0.4) is 0 Å². The third kappa shape index (κ3) is 1.60. The lowest BCUT2D eigenvalue weighted by atomic mass is 9.80. The highest BCUT2D eigenvalue weighted by Gasteiger charge is 2.40. The second-order valence-electron chi connectivity index (χ2n) is 3.31. The first-order valence-electron chi connectivity index (χ1n) is 3.98. The fourth-order valence-electron chi connectivity index (χ4n) is 1.55. The van der Waals surface area contributed by atoms with Crippen LogP contribution in [-0.4, -0.2) is 51.4 Å². The molecule has 1 fully saturated rings. The van der Waals surface area contributed by atoms with E-state index in [-0.39, 0.29) is 6.61 Å². The predicted octanol–water partition coefficient (Wildman–Crippen LogP) is -2.59. The topological polar surface area (TPSA) is 107 Å². The molecular weight excluding hydrogens is 162 g/mol. The van der Waals surface area contributed by atoms with Gasteiger partial charge in [0.1, 0.15) is 6.10 Å². The first-order valence-corrected chi connectivity index (χ1v) is 3.98. The zero-order chi connectivity index (χ0) is 9.30. The summed E-state index contributed by atoms with van der Waals surface area (Å²) >= 11 is 0. The van der Waals surface area contributed by atoms with Gasteiger partial charge in [-0.1, -0.05) is 0 Å². The van der Waals surface area contributed by atoms with Crippen LogP contribution in [0.1, 0.15) is 6.42 Å². The van der Waals surface area contributed by atoms with Crippen molar-refractivity contribution in [1.29, 1.82) is 0 Å². The molecule has 1 rings (SSSR count). The van der Waals surface area contributed by atoms with Gasteiger partial charge in [-0.3, -0.25) is 0 Å². The molecule has 72 valence electrons.